The molecule has 0 aromatic heterocycles. The van der Waals surface area contributed by atoms with Crippen molar-refractivity contribution in [3.05, 3.63) is 59.2 Å². The van der Waals surface area contributed by atoms with Gasteiger partial charge in [-0.25, -0.2) is 5.01 Å². The minimum atomic E-state index is -4.60. The summed E-state index contributed by atoms with van der Waals surface area (Å²) >= 11 is 0. The Labute approximate surface area is 168 Å². The molecule has 0 unspecified atom stereocenters. The van der Waals surface area contributed by atoms with Gasteiger partial charge in [0.05, 0.1) is 18.4 Å². The van der Waals surface area contributed by atoms with Crippen molar-refractivity contribution in [1.29, 1.82) is 0 Å². The summed E-state index contributed by atoms with van der Waals surface area (Å²) in [5.41, 5.74) is 1.26. The Bertz CT molecular complexity index is 1060. The molecule has 1 heterocycles. The van der Waals surface area contributed by atoms with Crippen LogP contribution in [-0.4, -0.2) is 24.9 Å². The summed E-state index contributed by atoms with van der Waals surface area (Å²) < 4.78 is 48.9. The van der Waals surface area contributed by atoms with Gasteiger partial charge in [0.2, 0.25) is 0 Å². The molecule has 2 aromatic carbocycles. The van der Waals surface area contributed by atoms with Gasteiger partial charge in [-0.3, -0.25) is 19.8 Å². The Hall–Kier alpha value is -3.82. The second-order valence-electron chi connectivity index (χ2n) is 6.19. The number of alkyl halides is 3. The van der Waals surface area contributed by atoms with Gasteiger partial charge in [0.25, 0.3) is 11.8 Å². The van der Waals surface area contributed by atoms with Crippen molar-refractivity contribution >= 4 is 29.5 Å². The number of hydrogen-bond donors (Lipinski definition) is 1. The van der Waals surface area contributed by atoms with Crippen molar-refractivity contribution in [1.82, 2.24) is 5.43 Å². The molecule has 0 bridgehead atoms. The first kappa shape index (κ1) is 20.9. The number of amides is 2. The minimum absolute atomic E-state index is 0.130. The fraction of sp³-hybridized carbons (Fsp3) is 0.150. The molecule has 1 aliphatic rings. The zero-order valence-electron chi connectivity index (χ0n) is 15.7. The molecular weight excluding hydrogens is 405 g/mol. The number of hydrazine groups is 1. The van der Waals surface area contributed by atoms with Crippen LogP contribution in [0.25, 0.3) is 6.08 Å². The Kier molecular flexibility index (Phi) is 5.50. The fourth-order valence-electron chi connectivity index (χ4n) is 2.74. The third-order valence-corrected chi connectivity index (χ3v) is 4.08. The molecule has 2 aromatic rings. The zero-order chi connectivity index (χ0) is 22.1. The van der Waals surface area contributed by atoms with Gasteiger partial charge in [-0.1, -0.05) is 12.1 Å². The van der Waals surface area contributed by atoms with E-state index in [2.05, 4.69) is 5.43 Å². The number of carbonyl (C=O) groups excluding carboxylic acids is 3. The average molecular weight is 420 g/mol. The Morgan fingerprint density at radius 3 is 2.47 bits per heavy atom. The number of nitrogens with zero attached hydrogens (tertiary/aromatic N) is 1. The number of hydrogen-bond acceptors (Lipinski definition) is 5. The van der Waals surface area contributed by atoms with Crippen molar-refractivity contribution in [2.75, 3.05) is 12.1 Å². The highest BCUT2D eigenvalue weighted by molar-refractivity contribution is 6.31. The molecule has 0 atom stereocenters. The van der Waals surface area contributed by atoms with E-state index in [-0.39, 0.29) is 22.8 Å². The number of ether oxygens (including phenoxy) is 2. The second-order valence-corrected chi connectivity index (χ2v) is 6.19. The Balaban J connectivity index is 1.92. The van der Waals surface area contributed by atoms with Gasteiger partial charge in [-0.2, -0.15) is 13.2 Å². The van der Waals surface area contributed by atoms with Crippen molar-refractivity contribution < 1.29 is 37.0 Å². The number of methoxy groups -OCH3 is 1. The lowest BCUT2D eigenvalue weighted by Crippen LogP contribution is -2.35. The highest BCUT2D eigenvalue weighted by atomic mass is 19.4. The standard InChI is InChI=1S/C20H15F3N2O5/c1-11(26)30-16-7-6-12(9-17(16)29-2)8-15-18(27)24-25(19(15)28)14-5-3-4-13(10-14)20(21,22)23/h3-10H,1-2H3,(H,24,27). The molecule has 3 rings (SSSR count). The predicted octanol–water partition coefficient (Wildman–Crippen LogP) is 3.10. The maximum absolute atomic E-state index is 12.9. The van der Waals surface area contributed by atoms with Gasteiger partial charge in [0.15, 0.2) is 11.5 Å². The van der Waals surface area contributed by atoms with Crippen molar-refractivity contribution in [2.24, 2.45) is 0 Å². The van der Waals surface area contributed by atoms with Gasteiger partial charge in [-0.05, 0) is 42.0 Å². The summed E-state index contributed by atoms with van der Waals surface area (Å²) in [5.74, 6) is -1.80. The number of esters is 1. The summed E-state index contributed by atoms with van der Waals surface area (Å²) in [6.07, 6.45) is -3.34. The molecule has 0 aliphatic carbocycles. The van der Waals surface area contributed by atoms with Crippen molar-refractivity contribution in [3.8, 4) is 11.5 Å². The maximum atomic E-state index is 12.9. The van der Waals surface area contributed by atoms with Crippen LogP contribution in [0.4, 0.5) is 18.9 Å². The first-order chi connectivity index (χ1) is 14.1. The van der Waals surface area contributed by atoms with E-state index < -0.39 is 29.5 Å². The number of anilines is 1. The zero-order valence-corrected chi connectivity index (χ0v) is 15.7. The van der Waals surface area contributed by atoms with E-state index in [9.17, 15) is 27.6 Å². The third-order valence-electron chi connectivity index (χ3n) is 4.08. The molecule has 1 saturated heterocycles. The quantitative estimate of drug-likeness (QED) is 0.356. The molecule has 0 radical (unpaired) electrons. The third kappa shape index (κ3) is 4.27. The SMILES string of the molecule is COc1cc(C=C2C(=O)NN(c3cccc(C(F)(F)F)c3)C2=O)ccc1OC(C)=O. The van der Waals surface area contributed by atoms with Crippen molar-refractivity contribution in [3.63, 3.8) is 0 Å². The van der Waals surface area contributed by atoms with Crippen LogP contribution in [0.15, 0.2) is 48.0 Å². The molecular formula is C20H15F3N2O5. The normalized spacial score (nSPS) is 15.4. The largest absolute Gasteiger partial charge is 0.493 e. The summed E-state index contributed by atoms with van der Waals surface area (Å²) in [7, 11) is 1.35. The van der Waals surface area contributed by atoms with Crippen LogP contribution in [0.1, 0.15) is 18.1 Å². The number of rotatable bonds is 4. The van der Waals surface area contributed by atoms with Gasteiger partial charge < -0.3 is 9.47 Å². The predicted molar refractivity (Wildman–Crippen MR) is 99.4 cm³/mol. The van der Waals surface area contributed by atoms with Gasteiger partial charge >= 0.3 is 12.1 Å². The van der Waals surface area contributed by atoms with Crippen LogP contribution in [0.2, 0.25) is 0 Å². The minimum Gasteiger partial charge on any atom is -0.493 e. The topological polar surface area (TPSA) is 84.9 Å². The molecule has 1 fully saturated rings. The van der Waals surface area contributed by atoms with E-state index in [0.717, 1.165) is 23.2 Å². The lowest BCUT2D eigenvalue weighted by Gasteiger charge is -2.16. The lowest BCUT2D eigenvalue weighted by molar-refractivity contribution is -0.137. The first-order valence-electron chi connectivity index (χ1n) is 8.51. The first-order valence-corrected chi connectivity index (χ1v) is 8.51. The Morgan fingerprint density at radius 1 is 1.10 bits per heavy atom. The van der Waals surface area contributed by atoms with Crippen LogP contribution in [0, 0.1) is 0 Å². The molecule has 1 aliphatic heterocycles. The summed E-state index contributed by atoms with van der Waals surface area (Å²) in [5, 5.41) is 0.744. The van der Waals surface area contributed by atoms with Gasteiger partial charge in [0.1, 0.15) is 5.57 Å². The Morgan fingerprint density at radius 2 is 1.83 bits per heavy atom. The highest BCUT2D eigenvalue weighted by Gasteiger charge is 2.36. The molecule has 30 heavy (non-hydrogen) atoms. The lowest BCUT2D eigenvalue weighted by atomic mass is 10.1. The second kappa shape index (κ2) is 7.90. The molecule has 7 nitrogen and oxygen atoms in total. The molecule has 0 saturated carbocycles. The highest BCUT2D eigenvalue weighted by Crippen LogP contribution is 2.33. The van der Waals surface area contributed by atoms with E-state index in [1.54, 1.807) is 0 Å². The number of halogens is 3. The summed E-state index contributed by atoms with van der Waals surface area (Å²) in [6, 6.07) is 8.39. The number of carbonyl (C=O) groups is 3. The monoisotopic (exact) mass is 420 g/mol. The number of nitrogens with one attached hydrogen (secondary N) is 1. The van der Waals surface area contributed by atoms with Crippen molar-refractivity contribution in [2.45, 2.75) is 13.1 Å². The van der Waals surface area contributed by atoms with E-state index in [1.807, 2.05) is 0 Å². The summed E-state index contributed by atoms with van der Waals surface area (Å²) in [4.78, 5) is 36.0. The van der Waals surface area contributed by atoms with E-state index >= 15 is 0 Å². The van der Waals surface area contributed by atoms with Gasteiger partial charge in [0, 0.05) is 6.92 Å². The number of benzene rings is 2. The van der Waals surface area contributed by atoms with Crippen LogP contribution < -0.4 is 19.9 Å². The van der Waals surface area contributed by atoms with Crippen LogP contribution >= 0.6 is 0 Å². The van der Waals surface area contributed by atoms with Gasteiger partial charge in [-0.15, -0.1) is 0 Å². The molecule has 2 amide bonds. The molecule has 10 heteroatoms. The van der Waals surface area contributed by atoms with Crippen LogP contribution in [0.3, 0.4) is 0 Å². The van der Waals surface area contributed by atoms with E-state index in [1.165, 1.54) is 44.4 Å². The molecule has 156 valence electrons. The van der Waals surface area contributed by atoms with Crippen LogP contribution in [-0.2, 0) is 20.6 Å². The van der Waals surface area contributed by atoms with E-state index in [4.69, 9.17) is 9.47 Å². The molecule has 1 N–H and O–H groups in total. The average Bonchev–Trinajstić information content (AvgIpc) is 2.96. The maximum Gasteiger partial charge on any atom is 0.416 e. The van der Waals surface area contributed by atoms with E-state index in [0.29, 0.717) is 5.56 Å². The van der Waals surface area contributed by atoms with Crippen LogP contribution in [0.5, 0.6) is 11.5 Å². The smallest absolute Gasteiger partial charge is 0.416 e. The molecule has 0 spiro atoms. The summed E-state index contributed by atoms with van der Waals surface area (Å²) in [6.45, 7) is 1.22. The fourth-order valence-corrected chi connectivity index (χ4v) is 2.74.